The van der Waals surface area contributed by atoms with E-state index in [4.69, 9.17) is 9.97 Å². The molecule has 354 valence electrons. The van der Waals surface area contributed by atoms with Crippen LogP contribution in [0.25, 0.3) is 68.1 Å². The first-order chi connectivity index (χ1) is 36.2. The maximum Gasteiger partial charge on any atom is 0.137 e. The Morgan fingerprint density at radius 2 is 0.676 bits per heavy atom. The molecular weight excluding hydrogens is 897 g/mol. The van der Waals surface area contributed by atoms with Crippen LogP contribution in [-0.4, -0.2) is 9.97 Å². The van der Waals surface area contributed by atoms with E-state index in [1.54, 1.807) is 0 Å². The number of aromatic nitrogens is 2. The molecule has 11 aromatic rings. The lowest BCUT2D eigenvalue weighted by atomic mass is 9.81. The van der Waals surface area contributed by atoms with Crippen LogP contribution in [0.4, 0.5) is 34.4 Å². The van der Waals surface area contributed by atoms with E-state index in [-0.39, 0.29) is 10.8 Å². The van der Waals surface area contributed by atoms with Gasteiger partial charge in [-0.25, -0.2) is 9.97 Å². The molecule has 0 amide bonds. The Balaban J connectivity index is 0.727. The first kappa shape index (κ1) is 44.8. The minimum Gasteiger partial charge on any atom is -0.294 e. The molecule has 13 rings (SSSR count). The predicted molar refractivity (Wildman–Crippen MR) is 312 cm³/mol. The number of nitrogens with zero attached hydrogens (tertiary/aromatic N) is 4. The third-order valence-corrected chi connectivity index (χ3v) is 15.5. The number of pyridine rings is 2. The average molecular weight is 951 g/mol. The van der Waals surface area contributed by atoms with Gasteiger partial charge in [0.2, 0.25) is 0 Å². The van der Waals surface area contributed by atoms with E-state index in [9.17, 15) is 0 Å². The van der Waals surface area contributed by atoms with Gasteiger partial charge in [-0.1, -0.05) is 210 Å². The average Bonchev–Trinajstić information content (AvgIpc) is 3.81. The van der Waals surface area contributed by atoms with E-state index < -0.39 is 0 Å². The Kier molecular flexibility index (Phi) is 10.8. The zero-order valence-corrected chi connectivity index (χ0v) is 42.0. The van der Waals surface area contributed by atoms with Gasteiger partial charge < -0.3 is 0 Å². The zero-order chi connectivity index (χ0) is 50.0. The zero-order valence-electron chi connectivity index (χ0n) is 42.0. The van der Waals surface area contributed by atoms with Crippen LogP contribution in [0.2, 0.25) is 0 Å². The fourth-order valence-corrected chi connectivity index (χ4v) is 11.6. The summed E-state index contributed by atoms with van der Waals surface area (Å²) in [6, 6.07) is 79.0. The molecule has 0 bridgehead atoms. The largest absolute Gasteiger partial charge is 0.294 e. The normalized spacial score (nSPS) is 13.8. The summed E-state index contributed by atoms with van der Waals surface area (Å²) < 4.78 is 0. The molecule has 9 aromatic carbocycles. The number of hydrogen-bond acceptors (Lipinski definition) is 4. The van der Waals surface area contributed by atoms with Crippen LogP contribution in [0, 0.1) is 0 Å². The van der Waals surface area contributed by atoms with E-state index >= 15 is 0 Å². The number of anilines is 6. The Bertz CT molecular complexity index is 3740. The summed E-state index contributed by atoms with van der Waals surface area (Å²) in [7, 11) is 0. The highest BCUT2D eigenvalue weighted by atomic mass is 15.2. The lowest BCUT2D eigenvalue weighted by Gasteiger charge is -2.28. The van der Waals surface area contributed by atoms with Gasteiger partial charge in [0.05, 0.1) is 11.4 Å². The van der Waals surface area contributed by atoms with E-state index in [2.05, 4.69) is 268 Å². The molecule has 2 aliphatic rings. The van der Waals surface area contributed by atoms with Crippen molar-refractivity contribution >= 4 is 80.2 Å². The van der Waals surface area contributed by atoms with Gasteiger partial charge in [-0.05, 0) is 138 Å². The Hall–Kier alpha value is -9.12. The summed E-state index contributed by atoms with van der Waals surface area (Å²) in [4.78, 5) is 14.3. The van der Waals surface area contributed by atoms with E-state index in [0.717, 1.165) is 45.5 Å². The minimum absolute atomic E-state index is 0.198. The van der Waals surface area contributed by atoms with Crippen LogP contribution in [0.3, 0.4) is 0 Å². The third kappa shape index (κ3) is 7.70. The third-order valence-electron chi connectivity index (χ3n) is 15.5. The molecule has 4 heteroatoms. The van der Waals surface area contributed by atoms with Crippen LogP contribution in [-0.2, 0) is 10.8 Å². The second-order valence-corrected chi connectivity index (χ2v) is 20.7. The molecule has 74 heavy (non-hydrogen) atoms. The molecule has 4 nitrogen and oxygen atoms in total. The summed E-state index contributed by atoms with van der Waals surface area (Å²) in [6.45, 7) is 9.42. The lowest BCUT2D eigenvalue weighted by molar-refractivity contribution is 0.660. The molecule has 0 aliphatic heterocycles. The minimum atomic E-state index is -0.198. The maximum absolute atomic E-state index is 4.85. The van der Waals surface area contributed by atoms with Crippen molar-refractivity contribution in [1.29, 1.82) is 0 Å². The molecule has 2 aliphatic carbocycles. The van der Waals surface area contributed by atoms with Crippen molar-refractivity contribution in [1.82, 2.24) is 9.97 Å². The molecule has 0 N–H and O–H groups in total. The molecule has 0 unspecified atom stereocenters. The predicted octanol–water partition coefficient (Wildman–Crippen LogP) is 18.7. The highest BCUT2D eigenvalue weighted by Crippen LogP contribution is 2.53. The molecule has 0 saturated heterocycles. The summed E-state index contributed by atoms with van der Waals surface area (Å²) in [6.07, 6.45) is 12.7. The van der Waals surface area contributed by atoms with Crippen LogP contribution in [0.15, 0.2) is 231 Å². The standard InChI is InChI=1S/C70H54N4/c1-69(2)61-43-49(33-37-57(61)59-39-35-53(45-63(59)69)73(67-23-9-11-41-71-67)65-21-13-17-51-15-5-7-19-55(51)65)31-29-47-25-27-48(28-26-47)30-32-50-34-38-58-60-40-36-54(46-64(60)70(3,4)62(58)44-50)74(68-24-10-12-42-72-68)66-22-14-18-52-16-6-8-20-56(52)66/h5-46H,1-4H3. The van der Waals surface area contributed by atoms with Crippen LogP contribution >= 0.6 is 0 Å². The first-order valence-electron chi connectivity index (χ1n) is 25.6. The summed E-state index contributed by atoms with van der Waals surface area (Å²) in [5, 5.41) is 4.79. The monoisotopic (exact) mass is 950 g/mol. The molecule has 0 spiro atoms. The van der Waals surface area contributed by atoms with Crippen molar-refractivity contribution < 1.29 is 0 Å². The van der Waals surface area contributed by atoms with Gasteiger partial charge in [0.25, 0.3) is 0 Å². The number of benzene rings is 9. The second kappa shape index (κ2) is 17.9. The number of hydrogen-bond donors (Lipinski definition) is 0. The Morgan fingerprint density at radius 1 is 0.324 bits per heavy atom. The van der Waals surface area contributed by atoms with Crippen molar-refractivity contribution in [3.8, 4) is 22.3 Å². The van der Waals surface area contributed by atoms with Crippen molar-refractivity contribution in [2.75, 3.05) is 9.80 Å². The molecular formula is C70H54N4. The molecule has 0 fully saturated rings. The van der Waals surface area contributed by atoms with E-state index in [0.29, 0.717) is 0 Å². The van der Waals surface area contributed by atoms with Gasteiger partial charge in [0.1, 0.15) is 11.6 Å². The van der Waals surface area contributed by atoms with E-state index in [1.807, 2.05) is 24.5 Å². The summed E-state index contributed by atoms with van der Waals surface area (Å²) >= 11 is 0. The van der Waals surface area contributed by atoms with Crippen LogP contribution in [0.5, 0.6) is 0 Å². The molecule has 0 radical (unpaired) electrons. The topological polar surface area (TPSA) is 32.3 Å². The van der Waals surface area contributed by atoms with Crippen molar-refractivity contribution in [3.05, 3.63) is 275 Å². The smallest absolute Gasteiger partial charge is 0.137 e. The second-order valence-electron chi connectivity index (χ2n) is 20.7. The highest BCUT2D eigenvalue weighted by Gasteiger charge is 2.38. The van der Waals surface area contributed by atoms with Crippen LogP contribution in [0.1, 0.15) is 72.2 Å². The molecule has 2 aromatic heterocycles. The molecule has 0 saturated carbocycles. The van der Waals surface area contributed by atoms with Gasteiger partial charge in [0, 0.05) is 45.4 Å². The first-order valence-corrected chi connectivity index (χ1v) is 25.6. The van der Waals surface area contributed by atoms with Gasteiger partial charge in [-0.15, -0.1) is 0 Å². The SMILES string of the molecule is CC1(C)c2cc(C=Cc3ccc(C=Cc4ccc5c(c4)C(C)(C)c4cc(N(c6ccccn6)c6cccc7ccccc67)ccc4-5)cc3)ccc2-c2ccc(N(c3ccccn3)c3cccc4ccccc34)cc21. The number of rotatable bonds is 10. The highest BCUT2D eigenvalue weighted by molar-refractivity contribution is 6.00. The van der Waals surface area contributed by atoms with Crippen molar-refractivity contribution in [2.24, 2.45) is 0 Å². The van der Waals surface area contributed by atoms with Gasteiger partial charge in [-0.3, -0.25) is 9.80 Å². The van der Waals surface area contributed by atoms with E-state index in [1.165, 1.54) is 77.2 Å². The lowest BCUT2D eigenvalue weighted by Crippen LogP contribution is -2.17. The summed E-state index contributed by atoms with van der Waals surface area (Å²) in [5.41, 5.74) is 19.2. The fourth-order valence-electron chi connectivity index (χ4n) is 11.6. The van der Waals surface area contributed by atoms with Crippen molar-refractivity contribution in [3.63, 3.8) is 0 Å². The quantitative estimate of drug-likeness (QED) is 0.128. The van der Waals surface area contributed by atoms with Crippen molar-refractivity contribution in [2.45, 2.75) is 38.5 Å². The fraction of sp³-hybridized carbons (Fsp3) is 0.0857. The molecule has 0 atom stereocenters. The van der Waals surface area contributed by atoms with Gasteiger partial charge in [0.15, 0.2) is 0 Å². The maximum atomic E-state index is 4.85. The number of fused-ring (bicyclic) bond motifs is 8. The Labute approximate surface area is 433 Å². The van der Waals surface area contributed by atoms with Gasteiger partial charge >= 0.3 is 0 Å². The summed E-state index contributed by atoms with van der Waals surface area (Å²) in [5.74, 6) is 1.78. The van der Waals surface area contributed by atoms with Crippen LogP contribution < -0.4 is 9.80 Å². The van der Waals surface area contributed by atoms with Gasteiger partial charge in [-0.2, -0.15) is 0 Å². The Morgan fingerprint density at radius 3 is 1.09 bits per heavy atom. The molecule has 2 heterocycles.